The van der Waals surface area contributed by atoms with Gasteiger partial charge < -0.3 is 14.2 Å². The van der Waals surface area contributed by atoms with Gasteiger partial charge in [-0.15, -0.1) is 6.58 Å². The van der Waals surface area contributed by atoms with E-state index in [4.69, 9.17) is 24.3 Å². The Morgan fingerprint density at radius 2 is 1.76 bits per heavy atom. The number of fused-ring (bicyclic) bond motifs is 1. The lowest BCUT2D eigenvalue weighted by molar-refractivity contribution is 0.277. The fourth-order valence-corrected chi connectivity index (χ4v) is 5.35. The van der Waals surface area contributed by atoms with Crippen molar-refractivity contribution in [2.24, 2.45) is 5.10 Å². The number of hydrogen-bond donors (Lipinski definition) is 0. The molecule has 0 aliphatic heterocycles. The minimum Gasteiger partial charge on any atom is -0.494 e. The van der Waals surface area contributed by atoms with Crippen LogP contribution in [0.15, 0.2) is 95.3 Å². The van der Waals surface area contributed by atoms with E-state index in [1.54, 1.807) is 49.7 Å². The number of halogens is 1. The van der Waals surface area contributed by atoms with Gasteiger partial charge in [0.1, 0.15) is 18.2 Å². The molecule has 0 fully saturated rings. The van der Waals surface area contributed by atoms with Crippen molar-refractivity contribution in [3.05, 3.63) is 129 Å². The zero-order valence-electron chi connectivity index (χ0n) is 26.8. The molecule has 1 heterocycles. The molecule has 0 unspecified atom stereocenters. The summed E-state index contributed by atoms with van der Waals surface area (Å²) < 4.78 is 33.4. The number of methoxy groups -OCH3 is 1. The van der Waals surface area contributed by atoms with Gasteiger partial charge in [-0.3, -0.25) is 4.79 Å². The Morgan fingerprint density at radius 3 is 2.48 bits per heavy atom. The van der Waals surface area contributed by atoms with Crippen molar-refractivity contribution in [2.45, 2.75) is 46.6 Å². The third kappa shape index (κ3) is 6.71. The van der Waals surface area contributed by atoms with E-state index in [1.807, 2.05) is 50.2 Å². The highest BCUT2D eigenvalue weighted by molar-refractivity contribution is 5.83. The second-order valence-electron chi connectivity index (χ2n) is 11.2. The molecule has 0 bridgehead atoms. The van der Waals surface area contributed by atoms with Gasteiger partial charge in [0.15, 0.2) is 17.3 Å². The smallest absolute Gasteiger partial charge is 0.282 e. The van der Waals surface area contributed by atoms with Crippen LogP contribution in [0, 0.1) is 12.7 Å². The van der Waals surface area contributed by atoms with Crippen LogP contribution in [-0.2, 0) is 13.0 Å². The largest absolute Gasteiger partial charge is 0.494 e. The quantitative estimate of drug-likeness (QED) is 0.104. The highest BCUT2D eigenvalue weighted by Gasteiger charge is 2.19. The van der Waals surface area contributed by atoms with Crippen LogP contribution in [0.1, 0.15) is 54.5 Å². The van der Waals surface area contributed by atoms with Gasteiger partial charge in [0, 0.05) is 16.7 Å². The Kier molecular flexibility index (Phi) is 9.96. The highest BCUT2D eigenvalue weighted by atomic mass is 19.1. The van der Waals surface area contributed by atoms with Crippen LogP contribution in [0.2, 0.25) is 0 Å². The lowest BCUT2D eigenvalue weighted by Crippen LogP contribution is -2.21. The molecule has 8 heteroatoms. The van der Waals surface area contributed by atoms with Crippen molar-refractivity contribution in [3.8, 4) is 28.6 Å². The van der Waals surface area contributed by atoms with Gasteiger partial charge in [-0.25, -0.2) is 9.37 Å². The first-order valence-electron chi connectivity index (χ1n) is 15.3. The van der Waals surface area contributed by atoms with Crippen LogP contribution >= 0.6 is 0 Å². The summed E-state index contributed by atoms with van der Waals surface area (Å²) in [4.78, 5) is 18.9. The molecule has 0 atom stereocenters. The zero-order valence-corrected chi connectivity index (χ0v) is 26.8. The lowest BCUT2D eigenvalue weighted by atomic mass is 9.96. The molecule has 0 saturated heterocycles. The molecule has 0 amide bonds. The summed E-state index contributed by atoms with van der Waals surface area (Å²) in [6.07, 6.45) is 3.82. The molecule has 1 aromatic heterocycles. The Bertz CT molecular complexity index is 1980. The van der Waals surface area contributed by atoms with E-state index in [9.17, 15) is 9.18 Å². The number of aromatic nitrogens is 2. The fourth-order valence-electron chi connectivity index (χ4n) is 5.35. The van der Waals surface area contributed by atoms with Crippen molar-refractivity contribution in [1.82, 2.24) is 9.66 Å². The Balaban J connectivity index is 1.63. The van der Waals surface area contributed by atoms with Crippen LogP contribution in [0.4, 0.5) is 4.39 Å². The first kappa shape index (κ1) is 32.2. The van der Waals surface area contributed by atoms with Crippen molar-refractivity contribution in [2.75, 3.05) is 13.7 Å². The Morgan fingerprint density at radius 1 is 1.00 bits per heavy atom. The molecular weight excluding hydrogens is 581 g/mol. The molecule has 46 heavy (non-hydrogen) atoms. The molecular formula is C38H38FN3O4. The van der Waals surface area contributed by atoms with Gasteiger partial charge in [0.25, 0.3) is 5.56 Å². The van der Waals surface area contributed by atoms with Gasteiger partial charge in [-0.2, -0.15) is 9.78 Å². The molecule has 0 saturated carbocycles. The number of ether oxygens (including phenoxy) is 3. The summed E-state index contributed by atoms with van der Waals surface area (Å²) >= 11 is 0. The molecule has 0 aliphatic rings. The molecule has 5 rings (SSSR count). The van der Waals surface area contributed by atoms with Crippen molar-refractivity contribution < 1.29 is 18.6 Å². The minimum atomic E-state index is -0.344. The summed E-state index contributed by atoms with van der Waals surface area (Å²) in [5.74, 6) is 2.01. The Labute approximate surface area is 268 Å². The highest BCUT2D eigenvalue weighted by Crippen LogP contribution is 2.36. The number of hydrogen-bond acceptors (Lipinski definition) is 6. The second kappa shape index (κ2) is 14.2. The molecule has 236 valence electrons. The van der Waals surface area contributed by atoms with E-state index in [2.05, 4.69) is 20.4 Å². The normalized spacial score (nSPS) is 11.4. The van der Waals surface area contributed by atoms with E-state index in [0.29, 0.717) is 52.4 Å². The topological polar surface area (TPSA) is 74.9 Å². The zero-order chi connectivity index (χ0) is 32.8. The Hall–Kier alpha value is -5.24. The van der Waals surface area contributed by atoms with Crippen LogP contribution in [0.25, 0.3) is 22.3 Å². The van der Waals surface area contributed by atoms with Gasteiger partial charge in [0.2, 0.25) is 0 Å². The summed E-state index contributed by atoms with van der Waals surface area (Å²) in [6, 6.07) is 21.4. The standard InChI is InChI=1S/C38H38FN3O4/c1-7-13-27-19-26(20-35(44-6)36(27)46-23-28-14-9-11-16-32(28)39)22-40-42-37(41-33-17-12-10-15-29(33)38(42)43)31-21-30(24(3)4)34(45-8-2)18-25(31)5/h7,9-12,14-22,24H,1,8,13,23H2,2-6H3. The van der Waals surface area contributed by atoms with E-state index in [0.717, 1.165) is 28.0 Å². The number of para-hydroxylation sites is 1. The summed E-state index contributed by atoms with van der Waals surface area (Å²) in [5.41, 5.74) is 4.88. The molecule has 7 nitrogen and oxygen atoms in total. The average Bonchev–Trinajstić information content (AvgIpc) is 3.04. The maximum absolute atomic E-state index is 14.3. The number of rotatable bonds is 12. The predicted molar refractivity (Wildman–Crippen MR) is 182 cm³/mol. The third-order valence-electron chi connectivity index (χ3n) is 7.66. The van der Waals surface area contributed by atoms with Gasteiger partial charge in [-0.05, 0) is 85.3 Å². The van der Waals surface area contributed by atoms with Crippen LogP contribution < -0.4 is 19.8 Å². The van der Waals surface area contributed by atoms with E-state index < -0.39 is 0 Å². The van der Waals surface area contributed by atoms with Crippen LogP contribution in [-0.4, -0.2) is 29.6 Å². The minimum absolute atomic E-state index is 0.0297. The van der Waals surface area contributed by atoms with Crippen molar-refractivity contribution in [3.63, 3.8) is 0 Å². The van der Waals surface area contributed by atoms with Crippen molar-refractivity contribution >= 4 is 17.1 Å². The maximum atomic E-state index is 14.3. The molecule has 0 N–H and O–H groups in total. The lowest BCUT2D eigenvalue weighted by Gasteiger charge is -2.18. The first-order chi connectivity index (χ1) is 22.2. The number of benzene rings is 4. The summed E-state index contributed by atoms with van der Waals surface area (Å²) in [7, 11) is 1.54. The SMILES string of the molecule is C=CCc1cc(C=Nn2c(-c3cc(C(C)C)c(OCC)cc3C)nc3ccccc3c2=O)cc(OC)c1OCc1ccccc1F. The third-order valence-corrected chi connectivity index (χ3v) is 7.66. The summed E-state index contributed by atoms with van der Waals surface area (Å²) in [5, 5.41) is 5.16. The number of nitrogens with zero attached hydrogens (tertiary/aromatic N) is 3. The molecule has 4 aromatic carbocycles. The van der Waals surface area contributed by atoms with Gasteiger partial charge in [0.05, 0.1) is 30.8 Å². The van der Waals surface area contributed by atoms with Crippen LogP contribution in [0.5, 0.6) is 17.2 Å². The van der Waals surface area contributed by atoms with Gasteiger partial charge >= 0.3 is 0 Å². The van der Waals surface area contributed by atoms with Crippen molar-refractivity contribution in [1.29, 1.82) is 0 Å². The first-order valence-corrected chi connectivity index (χ1v) is 15.3. The maximum Gasteiger partial charge on any atom is 0.282 e. The predicted octanol–water partition coefficient (Wildman–Crippen LogP) is 8.23. The van der Waals surface area contributed by atoms with E-state index in [-0.39, 0.29) is 23.9 Å². The van der Waals surface area contributed by atoms with E-state index in [1.165, 1.54) is 10.7 Å². The van der Waals surface area contributed by atoms with E-state index >= 15 is 0 Å². The molecule has 0 aliphatic carbocycles. The molecule has 5 aromatic rings. The second-order valence-corrected chi connectivity index (χ2v) is 11.2. The molecule has 0 radical (unpaired) electrons. The van der Waals surface area contributed by atoms with Gasteiger partial charge in [-0.1, -0.05) is 50.3 Å². The average molecular weight is 620 g/mol. The fraction of sp³-hybridized carbons (Fsp3) is 0.237. The monoisotopic (exact) mass is 619 g/mol. The van der Waals surface area contributed by atoms with Crippen LogP contribution in [0.3, 0.4) is 0 Å². The number of aryl methyl sites for hydroxylation is 1. The number of allylic oxidation sites excluding steroid dienone is 1. The summed E-state index contributed by atoms with van der Waals surface area (Å²) in [6.45, 7) is 12.6. The molecule has 0 spiro atoms.